The molecule has 1 aliphatic rings. The Hall–Kier alpha value is -2.33. The fraction of sp³-hybridized carbons (Fsp3) is 0.458. The normalized spacial score (nSPS) is 15.4. The molecular weight excluding hydrogens is 348 g/mol. The third-order valence-electron chi connectivity index (χ3n) is 5.61. The minimum Gasteiger partial charge on any atom is -0.483 e. The number of hydrogen-bond acceptors (Lipinski definition) is 3. The molecule has 1 heterocycles. The smallest absolute Gasteiger partial charge is 0.258 e. The summed E-state index contributed by atoms with van der Waals surface area (Å²) in [7, 11) is 0. The monoisotopic (exact) mass is 380 g/mol. The zero-order chi connectivity index (χ0) is 19.8. The summed E-state index contributed by atoms with van der Waals surface area (Å²) in [4.78, 5) is 14.8. The summed E-state index contributed by atoms with van der Waals surface area (Å²) in [5.74, 6) is 1.13. The number of benzene rings is 2. The number of para-hydroxylation sites is 1. The second-order valence-corrected chi connectivity index (χ2v) is 7.66. The molecule has 0 radical (unpaired) electrons. The SMILES string of the molecule is CC[C@@H](C)c1ccccc1OCC(=O)NCc1ccccc1CN1CCCC1. The number of amides is 1. The van der Waals surface area contributed by atoms with E-state index in [1.165, 1.54) is 37.1 Å². The van der Waals surface area contributed by atoms with E-state index in [4.69, 9.17) is 4.74 Å². The molecule has 0 aliphatic carbocycles. The van der Waals surface area contributed by atoms with Gasteiger partial charge in [-0.25, -0.2) is 0 Å². The third kappa shape index (κ3) is 5.59. The van der Waals surface area contributed by atoms with Crippen LogP contribution in [-0.2, 0) is 17.9 Å². The van der Waals surface area contributed by atoms with Crippen molar-refractivity contribution in [3.63, 3.8) is 0 Å². The number of likely N-dealkylation sites (tertiary alicyclic amines) is 1. The molecular formula is C24H32N2O2. The van der Waals surface area contributed by atoms with Crippen molar-refractivity contribution in [3.05, 3.63) is 65.2 Å². The summed E-state index contributed by atoms with van der Waals surface area (Å²) < 4.78 is 5.83. The number of nitrogens with zero attached hydrogens (tertiary/aromatic N) is 1. The standard InChI is InChI=1S/C24H32N2O2/c1-3-19(2)22-12-6-7-13-23(22)28-18-24(27)25-16-20-10-4-5-11-21(20)17-26-14-8-9-15-26/h4-7,10-13,19H,3,8-9,14-18H2,1-2H3,(H,25,27)/t19-/m1/s1. The largest absolute Gasteiger partial charge is 0.483 e. The topological polar surface area (TPSA) is 41.6 Å². The first-order valence-electron chi connectivity index (χ1n) is 10.4. The highest BCUT2D eigenvalue weighted by molar-refractivity contribution is 5.77. The van der Waals surface area contributed by atoms with Gasteiger partial charge in [0.05, 0.1) is 0 Å². The molecule has 4 heteroatoms. The van der Waals surface area contributed by atoms with E-state index in [9.17, 15) is 4.79 Å². The Morgan fingerprint density at radius 3 is 2.50 bits per heavy atom. The highest BCUT2D eigenvalue weighted by Crippen LogP contribution is 2.28. The number of carbonyl (C=O) groups excluding carboxylic acids is 1. The first kappa shape index (κ1) is 20.4. The van der Waals surface area contributed by atoms with Crippen LogP contribution in [0, 0.1) is 0 Å². The molecule has 3 rings (SSSR count). The Labute approximate surface area is 168 Å². The summed E-state index contributed by atoms with van der Waals surface area (Å²) in [6, 6.07) is 16.4. The van der Waals surface area contributed by atoms with Crippen LogP contribution >= 0.6 is 0 Å². The molecule has 2 aromatic rings. The van der Waals surface area contributed by atoms with E-state index in [1.54, 1.807) is 0 Å². The van der Waals surface area contributed by atoms with Crippen molar-refractivity contribution in [3.8, 4) is 5.75 Å². The van der Waals surface area contributed by atoms with Gasteiger partial charge in [0, 0.05) is 13.1 Å². The lowest BCUT2D eigenvalue weighted by Crippen LogP contribution is -2.29. The van der Waals surface area contributed by atoms with Gasteiger partial charge in [0.2, 0.25) is 0 Å². The van der Waals surface area contributed by atoms with Gasteiger partial charge < -0.3 is 10.1 Å². The van der Waals surface area contributed by atoms with Crippen LogP contribution in [0.3, 0.4) is 0 Å². The average Bonchev–Trinajstić information content (AvgIpc) is 3.24. The summed E-state index contributed by atoms with van der Waals surface area (Å²) >= 11 is 0. The summed E-state index contributed by atoms with van der Waals surface area (Å²) in [5, 5.41) is 3.01. The van der Waals surface area contributed by atoms with E-state index >= 15 is 0 Å². The van der Waals surface area contributed by atoms with E-state index in [1.807, 2.05) is 24.3 Å². The molecule has 1 saturated heterocycles. The van der Waals surface area contributed by atoms with Crippen LogP contribution in [0.15, 0.2) is 48.5 Å². The molecule has 0 bridgehead atoms. The van der Waals surface area contributed by atoms with Gasteiger partial charge in [-0.15, -0.1) is 0 Å². The predicted octanol–water partition coefficient (Wildman–Crippen LogP) is 4.49. The van der Waals surface area contributed by atoms with Crippen LogP contribution in [0.5, 0.6) is 5.75 Å². The average molecular weight is 381 g/mol. The highest BCUT2D eigenvalue weighted by Gasteiger charge is 2.14. The second-order valence-electron chi connectivity index (χ2n) is 7.66. The molecule has 1 fully saturated rings. The zero-order valence-corrected chi connectivity index (χ0v) is 17.1. The molecule has 0 aromatic heterocycles. The molecule has 1 amide bonds. The van der Waals surface area contributed by atoms with Gasteiger partial charge in [-0.3, -0.25) is 9.69 Å². The van der Waals surface area contributed by atoms with Crippen molar-refractivity contribution in [1.29, 1.82) is 0 Å². The lowest BCUT2D eigenvalue weighted by atomic mass is 9.98. The number of carbonyl (C=O) groups is 1. The fourth-order valence-electron chi connectivity index (χ4n) is 3.69. The molecule has 1 aliphatic heterocycles. The molecule has 4 nitrogen and oxygen atoms in total. The van der Waals surface area contributed by atoms with Gasteiger partial charge in [-0.1, -0.05) is 56.3 Å². The van der Waals surface area contributed by atoms with Gasteiger partial charge in [-0.05, 0) is 61.0 Å². The lowest BCUT2D eigenvalue weighted by Gasteiger charge is -2.18. The second kappa shape index (κ2) is 10.3. The molecule has 0 unspecified atom stereocenters. The number of nitrogens with one attached hydrogen (secondary N) is 1. The Balaban J connectivity index is 1.53. The summed E-state index contributed by atoms with van der Waals surface area (Å²) in [5.41, 5.74) is 3.64. The van der Waals surface area contributed by atoms with Crippen molar-refractivity contribution in [2.75, 3.05) is 19.7 Å². The maximum atomic E-state index is 12.3. The Bertz CT molecular complexity index is 769. The quantitative estimate of drug-likeness (QED) is 0.697. The number of ether oxygens (including phenoxy) is 1. The van der Waals surface area contributed by atoms with E-state index < -0.39 is 0 Å². The van der Waals surface area contributed by atoms with Gasteiger partial charge in [0.15, 0.2) is 6.61 Å². The van der Waals surface area contributed by atoms with Gasteiger partial charge >= 0.3 is 0 Å². The predicted molar refractivity (Wildman–Crippen MR) is 113 cm³/mol. The molecule has 2 aromatic carbocycles. The number of hydrogen-bond donors (Lipinski definition) is 1. The Morgan fingerprint density at radius 1 is 1.07 bits per heavy atom. The lowest BCUT2D eigenvalue weighted by molar-refractivity contribution is -0.123. The van der Waals surface area contributed by atoms with Crippen molar-refractivity contribution >= 4 is 5.91 Å². The Kier molecular flexibility index (Phi) is 7.49. The van der Waals surface area contributed by atoms with Gasteiger partial charge in [0.25, 0.3) is 5.91 Å². The van der Waals surface area contributed by atoms with Crippen molar-refractivity contribution in [2.24, 2.45) is 0 Å². The molecule has 0 spiro atoms. The maximum absolute atomic E-state index is 12.3. The first-order valence-corrected chi connectivity index (χ1v) is 10.4. The molecule has 1 atom stereocenters. The molecule has 1 N–H and O–H groups in total. The highest BCUT2D eigenvalue weighted by atomic mass is 16.5. The van der Waals surface area contributed by atoms with Crippen LogP contribution in [0.1, 0.15) is 55.7 Å². The van der Waals surface area contributed by atoms with Crippen molar-refractivity contribution in [1.82, 2.24) is 10.2 Å². The molecule has 150 valence electrons. The molecule has 0 saturated carbocycles. The minimum absolute atomic E-state index is 0.0434. The Morgan fingerprint density at radius 2 is 1.75 bits per heavy atom. The van der Waals surface area contributed by atoms with Crippen LogP contribution in [0.2, 0.25) is 0 Å². The summed E-state index contributed by atoms with van der Waals surface area (Å²) in [6.45, 7) is 8.23. The van der Waals surface area contributed by atoms with Gasteiger partial charge in [-0.2, -0.15) is 0 Å². The third-order valence-corrected chi connectivity index (χ3v) is 5.61. The van der Waals surface area contributed by atoms with Crippen LogP contribution in [-0.4, -0.2) is 30.5 Å². The minimum atomic E-state index is -0.0880. The zero-order valence-electron chi connectivity index (χ0n) is 17.1. The van der Waals surface area contributed by atoms with Gasteiger partial charge in [0.1, 0.15) is 5.75 Å². The van der Waals surface area contributed by atoms with Crippen LogP contribution in [0.25, 0.3) is 0 Å². The summed E-state index contributed by atoms with van der Waals surface area (Å²) in [6.07, 6.45) is 3.61. The fourth-order valence-corrected chi connectivity index (χ4v) is 3.69. The van der Waals surface area contributed by atoms with E-state index in [2.05, 4.69) is 48.3 Å². The maximum Gasteiger partial charge on any atom is 0.258 e. The van der Waals surface area contributed by atoms with E-state index in [-0.39, 0.29) is 12.5 Å². The van der Waals surface area contributed by atoms with Crippen LogP contribution < -0.4 is 10.1 Å². The van der Waals surface area contributed by atoms with Crippen molar-refractivity contribution in [2.45, 2.75) is 52.1 Å². The molecule has 28 heavy (non-hydrogen) atoms. The van der Waals surface area contributed by atoms with E-state index in [0.717, 1.165) is 24.3 Å². The number of rotatable bonds is 9. The van der Waals surface area contributed by atoms with Crippen LogP contribution in [0.4, 0.5) is 0 Å². The van der Waals surface area contributed by atoms with Crippen molar-refractivity contribution < 1.29 is 9.53 Å². The van der Waals surface area contributed by atoms with E-state index in [0.29, 0.717) is 12.5 Å². The first-order chi connectivity index (χ1) is 13.7.